The first-order valence-electron chi connectivity index (χ1n) is 9.45. The van der Waals surface area contributed by atoms with Gasteiger partial charge in [0.1, 0.15) is 35.5 Å². The Balaban J connectivity index is 1.49. The van der Waals surface area contributed by atoms with E-state index < -0.39 is 11.5 Å². The molecule has 3 N–H and O–H groups in total. The minimum atomic E-state index is -1.45. The van der Waals surface area contributed by atoms with E-state index in [2.05, 4.69) is 25.2 Å². The average molecular weight is 388 g/mol. The van der Waals surface area contributed by atoms with Crippen LogP contribution in [0.2, 0.25) is 0 Å². The third-order valence-electron chi connectivity index (χ3n) is 5.40. The van der Waals surface area contributed by atoms with Crippen molar-refractivity contribution in [3.63, 3.8) is 0 Å². The van der Waals surface area contributed by atoms with E-state index in [4.69, 9.17) is 4.74 Å². The highest BCUT2D eigenvalue weighted by molar-refractivity contribution is 6.00. The van der Waals surface area contributed by atoms with E-state index in [-0.39, 0.29) is 12.8 Å². The lowest BCUT2D eigenvalue weighted by Crippen LogP contribution is -2.51. The number of anilines is 2. The molecule has 0 bridgehead atoms. The second-order valence-electron chi connectivity index (χ2n) is 7.19. The molecule has 150 valence electrons. The van der Waals surface area contributed by atoms with Crippen LogP contribution in [0.1, 0.15) is 12.8 Å². The van der Waals surface area contributed by atoms with E-state index in [0.717, 1.165) is 30.6 Å². The first-order valence-corrected chi connectivity index (χ1v) is 9.45. The molecule has 0 spiro atoms. The highest BCUT2D eigenvalue weighted by Gasteiger charge is 2.39. The summed E-state index contributed by atoms with van der Waals surface area (Å²) in [6.45, 7) is 4.11. The zero-order valence-corrected chi connectivity index (χ0v) is 15.6. The van der Waals surface area contributed by atoms with Gasteiger partial charge >= 0.3 is 0 Å². The first kappa shape index (κ1) is 18.8. The van der Waals surface area contributed by atoms with Gasteiger partial charge in [0, 0.05) is 26.2 Å². The summed E-state index contributed by atoms with van der Waals surface area (Å²) in [4.78, 5) is 39.1. The van der Waals surface area contributed by atoms with Crippen molar-refractivity contribution in [3.8, 4) is 0 Å². The van der Waals surface area contributed by atoms with Crippen molar-refractivity contribution in [2.24, 2.45) is 0 Å². The van der Waals surface area contributed by atoms with Gasteiger partial charge in [-0.15, -0.1) is 0 Å². The van der Waals surface area contributed by atoms with Crippen LogP contribution in [0.5, 0.6) is 0 Å². The normalized spacial score (nSPS) is 20.2. The molecule has 4 heterocycles. The van der Waals surface area contributed by atoms with Gasteiger partial charge in [0.2, 0.25) is 0 Å². The number of aromatic nitrogens is 3. The molecule has 0 radical (unpaired) electrons. The number of carbonyl (C=O) groups is 2. The second kappa shape index (κ2) is 7.82. The van der Waals surface area contributed by atoms with Crippen molar-refractivity contribution in [1.29, 1.82) is 0 Å². The Morgan fingerprint density at radius 1 is 1.29 bits per heavy atom. The van der Waals surface area contributed by atoms with Crippen molar-refractivity contribution in [2.75, 3.05) is 56.2 Å². The molecule has 0 saturated carbocycles. The predicted molar refractivity (Wildman–Crippen MR) is 102 cm³/mol. The fraction of sp³-hybridized carbons (Fsp3) is 0.556. The van der Waals surface area contributed by atoms with Crippen LogP contribution in [0.25, 0.3) is 11.0 Å². The van der Waals surface area contributed by atoms with E-state index >= 15 is 0 Å². The summed E-state index contributed by atoms with van der Waals surface area (Å²) in [6, 6.07) is 1.79. The summed E-state index contributed by atoms with van der Waals surface area (Å²) in [5.41, 5.74) is -0.824. The fourth-order valence-electron chi connectivity index (χ4n) is 3.70. The molecular formula is C18H24N6O4. The second-order valence-corrected chi connectivity index (χ2v) is 7.19. The smallest absolute Gasteiger partial charge is 0.257 e. The average Bonchev–Trinajstić information content (AvgIpc) is 3.13. The van der Waals surface area contributed by atoms with Crippen molar-refractivity contribution in [2.45, 2.75) is 18.4 Å². The minimum Gasteiger partial charge on any atom is -0.380 e. The van der Waals surface area contributed by atoms with Gasteiger partial charge in [-0.2, -0.15) is 0 Å². The molecule has 2 aromatic rings. The quantitative estimate of drug-likeness (QED) is 0.600. The van der Waals surface area contributed by atoms with Gasteiger partial charge in [-0.1, -0.05) is 0 Å². The number of hydrogen-bond acceptors (Lipinski definition) is 8. The van der Waals surface area contributed by atoms with Gasteiger partial charge in [0.25, 0.3) is 5.91 Å². The topological polar surface area (TPSA) is 124 Å². The fourth-order valence-corrected chi connectivity index (χ4v) is 3.70. The van der Waals surface area contributed by atoms with Crippen LogP contribution in [0.4, 0.5) is 11.6 Å². The van der Waals surface area contributed by atoms with Crippen LogP contribution in [-0.4, -0.2) is 88.7 Å². The van der Waals surface area contributed by atoms with Gasteiger partial charge in [0.15, 0.2) is 0 Å². The maximum atomic E-state index is 12.7. The highest BCUT2D eigenvalue weighted by atomic mass is 16.5. The number of ether oxygens (including phenoxy) is 1. The number of hydrogen-bond donors (Lipinski definition) is 3. The van der Waals surface area contributed by atoms with E-state index in [1.165, 1.54) is 6.33 Å². The summed E-state index contributed by atoms with van der Waals surface area (Å²) < 4.78 is 5.39. The molecule has 2 fully saturated rings. The standard InChI is InChI=1S/C18H24N6O4/c25-8-5-23-3-1-18(27,2-4-23)17(26)22-14-11-13-15(21-14)19-12-20-16(13)24-6-9-28-10-7-24/h8,11-12,27H,1-7,9-10H2,(H,22,26)(H,19,20,21). The molecule has 2 saturated heterocycles. The molecule has 2 aliphatic rings. The third-order valence-corrected chi connectivity index (χ3v) is 5.40. The first-order chi connectivity index (χ1) is 13.6. The zero-order chi connectivity index (χ0) is 19.6. The Morgan fingerprint density at radius 2 is 2.04 bits per heavy atom. The minimum absolute atomic E-state index is 0.283. The molecule has 0 aromatic carbocycles. The van der Waals surface area contributed by atoms with Crippen LogP contribution >= 0.6 is 0 Å². The van der Waals surface area contributed by atoms with Crippen molar-refractivity contribution in [1.82, 2.24) is 19.9 Å². The van der Waals surface area contributed by atoms with E-state index in [0.29, 0.717) is 44.3 Å². The van der Waals surface area contributed by atoms with Gasteiger partial charge in [-0.25, -0.2) is 9.97 Å². The van der Waals surface area contributed by atoms with Gasteiger partial charge in [-0.3, -0.25) is 9.69 Å². The molecule has 2 aliphatic heterocycles. The third kappa shape index (κ3) is 3.71. The number of fused-ring (bicyclic) bond motifs is 1. The number of morpholine rings is 1. The molecule has 0 atom stereocenters. The lowest BCUT2D eigenvalue weighted by Gasteiger charge is -2.36. The Hall–Kier alpha value is -2.56. The predicted octanol–water partition coefficient (Wildman–Crippen LogP) is -0.241. The molecule has 1 amide bonds. The molecule has 4 rings (SSSR count). The summed E-state index contributed by atoms with van der Waals surface area (Å²) >= 11 is 0. The number of aromatic amines is 1. The number of likely N-dealkylation sites (tertiary alicyclic amines) is 1. The van der Waals surface area contributed by atoms with Crippen molar-refractivity contribution < 1.29 is 19.4 Å². The molecular weight excluding hydrogens is 364 g/mol. The van der Waals surface area contributed by atoms with Crippen LogP contribution < -0.4 is 10.2 Å². The number of piperidine rings is 1. The van der Waals surface area contributed by atoms with Gasteiger partial charge in [-0.05, 0) is 18.9 Å². The zero-order valence-electron chi connectivity index (χ0n) is 15.6. The number of carbonyl (C=O) groups excluding carboxylic acids is 2. The summed E-state index contributed by atoms with van der Waals surface area (Å²) in [5, 5.41) is 14.3. The molecule has 28 heavy (non-hydrogen) atoms. The summed E-state index contributed by atoms with van der Waals surface area (Å²) in [5.74, 6) is 0.815. The number of amides is 1. The number of nitrogens with one attached hydrogen (secondary N) is 2. The monoisotopic (exact) mass is 388 g/mol. The number of H-pyrrole nitrogens is 1. The SMILES string of the molecule is O=CCN1CCC(O)(C(=O)Nc2cc3c(N4CCOCC4)ncnc3[nH]2)CC1. The molecule has 10 heteroatoms. The lowest BCUT2D eigenvalue weighted by molar-refractivity contribution is -0.139. The highest BCUT2D eigenvalue weighted by Crippen LogP contribution is 2.28. The maximum absolute atomic E-state index is 12.7. The Morgan fingerprint density at radius 3 is 2.75 bits per heavy atom. The van der Waals surface area contributed by atoms with Crippen molar-refractivity contribution in [3.05, 3.63) is 12.4 Å². The number of aldehydes is 1. The Kier molecular flexibility index (Phi) is 5.25. The maximum Gasteiger partial charge on any atom is 0.257 e. The molecule has 10 nitrogen and oxygen atoms in total. The number of rotatable bonds is 5. The number of nitrogens with zero attached hydrogens (tertiary/aromatic N) is 4. The van der Waals surface area contributed by atoms with Gasteiger partial charge < -0.3 is 29.8 Å². The Labute approximate surface area is 161 Å². The van der Waals surface area contributed by atoms with Gasteiger partial charge in [0.05, 0.1) is 25.1 Å². The van der Waals surface area contributed by atoms with E-state index in [1.807, 2.05) is 4.90 Å². The van der Waals surface area contributed by atoms with E-state index in [1.54, 1.807) is 6.07 Å². The largest absolute Gasteiger partial charge is 0.380 e. The Bertz CT molecular complexity index is 855. The van der Waals surface area contributed by atoms with Crippen LogP contribution in [0, 0.1) is 0 Å². The van der Waals surface area contributed by atoms with Crippen LogP contribution in [0.3, 0.4) is 0 Å². The summed E-state index contributed by atoms with van der Waals surface area (Å²) in [6.07, 6.45) is 2.89. The van der Waals surface area contributed by atoms with Crippen molar-refractivity contribution >= 4 is 34.9 Å². The van der Waals surface area contributed by atoms with Crippen LogP contribution in [-0.2, 0) is 14.3 Å². The van der Waals surface area contributed by atoms with E-state index in [9.17, 15) is 14.7 Å². The molecule has 2 aromatic heterocycles. The molecule has 0 aliphatic carbocycles. The number of aliphatic hydroxyl groups is 1. The summed E-state index contributed by atoms with van der Waals surface area (Å²) in [7, 11) is 0. The van der Waals surface area contributed by atoms with Crippen LogP contribution in [0.15, 0.2) is 12.4 Å². The molecule has 0 unspecified atom stereocenters. The lowest BCUT2D eigenvalue weighted by atomic mass is 9.90.